The van der Waals surface area contributed by atoms with Crippen molar-refractivity contribution in [2.75, 3.05) is 6.54 Å². The Morgan fingerprint density at radius 3 is 2.09 bits per heavy atom. The van der Waals surface area contributed by atoms with E-state index >= 15 is 0 Å². The van der Waals surface area contributed by atoms with Crippen LogP contribution in [0.2, 0.25) is 0 Å². The van der Waals surface area contributed by atoms with Gasteiger partial charge in [-0.15, -0.1) is 0 Å². The number of nitrogens with zero attached hydrogens (tertiary/aromatic N) is 1. The maximum Gasteiger partial charge on any atom is 0.308 e. The van der Waals surface area contributed by atoms with Crippen molar-refractivity contribution in [3.05, 3.63) is 65.2 Å². The van der Waals surface area contributed by atoms with Crippen LogP contribution in [0.4, 0.5) is 0 Å². The van der Waals surface area contributed by atoms with Gasteiger partial charge < -0.3 is 5.11 Å². The molecule has 0 amide bonds. The fourth-order valence-corrected chi connectivity index (χ4v) is 8.41. The van der Waals surface area contributed by atoms with Gasteiger partial charge in [0, 0.05) is 17.0 Å². The van der Waals surface area contributed by atoms with Crippen LogP contribution < -0.4 is 0 Å². The third-order valence-corrected chi connectivity index (χ3v) is 10.6. The zero-order valence-corrected chi connectivity index (χ0v) is 20.9. The van der Waals surface area contributed by atoms with Crippen molar-refractivity contribution in [3.63, 3.8) is 0 Å². The van der Waals surface area contributed by atoms with Crippen LogP contribution in [-0.4, -0.2) is 40.8 Å². The number of sulfonamides is 1. The van der Waals surface area contributed by atoms with E-state index < -0.39 is 21.9 Å². The van der Waals surface area contributed by atoms with Gasteiger partial charge in [0.05, 0.1) is 16.9 Å². The maximum atomic E-state index is 13.7. The lowest BCUT2D eigenvalue weighted by atomic mass is 9.90. The highest BCUT2D eigenvalue weighted by molar-refractivity contribution is 8.00. The Bertz CT molecular complexity index is 1060. The highest BCUT2D eigenvalue weighted by atomic mass is 32.2. The number of hydrogen-bond acceptors (Lipinski definition) is 4. The van der Waals surface area contributed by atoms with Crippen molar-refractivity contribution in [1.82, 2.24) is 4.31 Å². The Balaban J connectivity index is 1.71. The normalized spacial score (nSPS) is 25.1. The zero-order valence-electron chi connectivity index (χ0n) is 19.3. The lowest BCUT2D eigenvalue weighted by Gasteiger charge is -2.43. The van der Waals surface area contributed by atoms with Gasteiger partial charge in [-0.25, -0.2) is 8.42 Å². The smallest absolute Gasteiger partial charge is 0.308 e. The summed E-state index contributed by atoms with van der Waals surface area (Å²) < 4.78 is 28.9. The summed E-state index contributed by atoms with van der Waals surface area (Å²) in [6.45, 7) is 3.92. The molecule has 0 spiro atoms. The minimum absolute atomic E-state index is 0.00548. The van der Waals surface area contributed by atoms with E-state index in [-0.39, 0.29) is 22.7 Å². The third kappa shape index (κ3) is 5.47. The molecular formula is C26H33NO4S2. The Morgan fingerprint density at radius 2 is 1.52 bits per heavy atom. The average molecular weight is 488 g/mol. The number of thioether (sulfide) groups is 1. The lowest BCUT2D eigenvalue weighted by Crippen LogP contribution is -2.49. The summed E-state index contributed by atoms with van der Waals surface area (Å²) in [5, 5.41) is 10.4. The molecular weight excluding hydrogens is 454 g/mol. The second-order valence-electron chi connectivity index (χ2n) is 9.43. The molecule has 2 fully saturated rings. The maximum absolute atomic E-state index is 13.7. The highest BCUT2D eigenvalue weighted by Crippen LogP contribution is 2.45. The van der Waals surface area contributed by atoms with Gasteiger partial charge in [0.15, 0.2) is 0 Å². The van der Waals surface area contributed by atoms with Gasteiger partial charge >= 0.3 is 5.97 Å². The van der Waals surface area contributed by atoms with Crippen LogP contribution in [0.5, 0.6) is 0 Å². The number of hydrogen-bond donors (Lipinski definition) is 1. The molecule has 2 aliphatic rings. The number of carboxylic acid groups (broad SMARTS) is 1. The van der Waals surface area contributed by atoms with Crippen molar-refractivity contribution in [3.8, 4) is 0 Å². The molecule has 0 unspecified atom stereocenters. The molecule has 0 radical (unpaired) electrons. The molecule has 33 heavy (non-hydrogen) atoms. The molecule has 1 N–H and O–H groups in total. The zero-order chi connectivity index (χ0) is 23.6. The molecule has 2 aromatic rings. The Hall–Kier alpha value is -1.83. The van der Waals surface area contributed by atoms with E-state index in [0.29, 0.717) is 11.7 Å². The van der Waals surface area contributed by atoms with E-state index in [1.165, 1.54) is 23.6 Å². The SMILES string of the molecule is Cc1ccc([C@@H]2C[C@@H](SC3CCCCC3)[C@H](C(=O)O)CN2S(=O)(=O)c2ccc(C)cc2)cc1. The molecule has 4 rings (SSSR count). The van der Waals surface area contributed by atoms with Gasteiger partial charge in [0.2, 0.25) is 10.0 Å². The summed E-state index contributed by atoms with van der Waals surface area (Å²) in [6, 6.07) is 14.4. The summed E-state index contributed by atoms with van der Waals surface area (Å²) in [4.78, 5) is 12.5. The van der Waals surface area contributed by atoms with Gasteiger partial charge in [-0.3, -0.25) is 4.79 Å². The Kier molecular flexibility index (Phi) is 7.51. The molecule has 7 heteroatoms. The minimum atomic E-state index is -3.85. The number of aliphatic carboxylic acids is 1. The number of piperidine rings is 1. The number of aryl methyl sites for hydroxylation is 2. The van der Waals surface area contributed by atoms with Gasteiger partial charge in [0.25, 0.3) is 0 Å². The van der Waals surface area contributed by atoms with Crippen LogP contribution in [-0.2, 0) is 14.8 Å². The van der Waals surface area contributed by atoms with Crippen LogP contribution in [0, 0.1) is 19.8 Å². The average Bonchev–Trinajstić information content (AvgIpc) is 2.80. The summed E-state index contributed by atoms with van der Waals surface area (Å²) in [5.41, 5.74) is 3.02. The van der Waals surface area contributed by atoms with E-state index in [1.54, 1.807) is 36.0 Å². The predicted octanol–water partition coefficient (Wildman–Crippen LogP) is 5.57. The summed E-state index contributed by atoms with van der Waals surface area (Å²) >= 11 is 1.79. The topological polar surface area (TPSA) is 74.7 Å². The van der Waals surface area contributed by atoms with Crippen molar-refractivity contribution in [2.45, 2.75) is 73.8 Å². The second kappa shape index (κ2) is 10.2. The molecule has 178 valence electrons. The van der Waals surface area contributed by atoms with E-state index in [4.69, 9.17) is 0 Å². The minimum Gasteiger partial charge on any atom is -0.481 e. The molecule has 1 heterocycles. The molecule has 2 aromatic carbocycles. The molecule has 5 nitrogen and oxygen atoms in total. The van der Waals surface area contributed by atoms with Crippen molar-refractivity contribution < 1.29 is 18.3 Å². The largest absolute Gasteiger partial charge is 0.481 e. The monoisotopic (exact) mass is 487 g/mol. The first-order valence-electron chi connectivity index (χ1n) is 11.8. The molecule has 1 saturated heterocycles. The summed E-state index contributed by atoms with van der Waals surface area (Å²) in [5.74, 6) is -1.63. The first-order chi connectivity index (χ1) is 15.8. The van der Waals surface area contributed by atoms with Crippen molar-refractivity contribution in [2.24, 2.45) is 5.92 Å². The van der Waals surface area contributed by atoms with E-state index in [0.717, 1.165) is 29.5 Å². The van der Waals surface area contributed by atoms with Gasteiger partial charge in [-0.1, -0.05) is 66.8 Å². The molecule has 1 saturated carbocycles. The Morgan fingerprint density at radius 1 is 0.939 bits per heavy atom. The van der Waals surface area contributed by atoms with E-state index in [9.17, 15) is 18.3 Å². The van der Waals surface area contributed by atoms with Crippen LogP contribution in [0.15, 0.2) is 53.4 Å². The predicted molar refractivity (Wildman–Crippen MR) is 133 cm³/mol. The standard InChI is InChI=1S/C26H33NO4S2/c1-18-8-12-20(13-9-18)24-16-25(32-21-6-4-3-5-7-21)23(26(28)29)17-27(24)33(30,31)22-14-10-19(2)11-15-22/h8-15,21,23-25H,3-7,16-17H2,1-2H3,(H,28,29)/t23-,24+,25-/m1/s1. The van der Waals surface area contributed by atoms with Crippen LogP contribution >= 0.6 is 11.8 Å². The lowest BCUT2D eigenvalue weighted by molar-refractivity contribution is -0.143. The second-order valence-corrected chi connectivity index (χ2v) is 12.9. The number of carboxylic acids is 1. The van der Waals surface area contributed by atoms with Gasteiger partial charge in [-0.05, 0) is 50.8 Å². The van der Waals surface area contributed by atoms with Gasteiger partial charge in [-0.2, -0.15) is 16.1 Å². The summed E-state index contributed by atoms with van der Waals surface area (Å²) in [7, 11) is -3.85. The highest BCUT2D eigenvalue weighted by Gasteiger charge is 2.46. The summed E-state index contributed by atoms with van der Waals surface area (Å²) in [6.07, 6.45) is 6.38. The van der Waals surface area contributed by atoms with Gasteiger partial charge in [0.1, 0.15) is 0 Å². The molecule has 0 bridgehead atoms. The fraction of sp³-hybridized carbons (Fsp3) is 0.500. The molecule has 0 aromatic heterocycles. The van der Waals surface area contributed by atoms with Crippen molar-refractivity contribution >= 4 is 27.8 Å². The van der Waals surface area contributed by atoms with E-state index in [2.05, 4.69) is 0 Å². The third-order valence-electron chi connectivity index (χ3n) is 6.95. The molecule has 1 aliphatic carbocycles. The van der Waals surface area contributed by atoms with Crippen LogP contribution in [0.1, 0.15) is 61.3 Å². The quantitative estimate of drug-likeness (QED) is 0.576. The van der Waals surface area contributed by atoms with Crippen LogP contribution in [0.25, 0.3) is 0 Å². The first kappa shape index (κ1) is 24.3. The Labute approximate surface area is 201 Å². The molecule has 1 aliphatic heterocycles. The van der Waals surface area contributed by atoms with Crippen molar-refractivity contribution in [1.29, 1.82) is 0 Å². The number of benzene rings is 2. The van der Waals surface area contributed by atoms with Crippen LogP contribution in [0.3, 0.4) is 0 Å². The molecule has 3 atom stereocenters. The number of rotatable bonds is 6. The first-order valence-corrected chi connectivity index (χ1v) is 14.2. The fourth-order valence-electron chi connectivity index (χ4n) is 4.98. The van der Waals surface area contributed by atoms with E-state index in [1.807, 2.05) is 38.1 Å². The number of carbonyl (C=O) groups is 1.